The van der Waals surface area contributed by atoms with Crippen molar-refractivity contribution >= 4 is 21.4 Å². The van der Waals surface area contributed by atoms with E-state index in [4.69, 9.17) is 5.11 Å². The van der Waals surface area contributed by atoms with Crippen molar-refractivity contribution in [3.8, 4) is 11.1 Å². The van der Waals surface area contributed by atoms with E-state index in [-0.39, 0.29) is 6.61 Å². The Morgan fingerprint density at radius 2 is 1.76 bits per heavy atom. The summed E-state index contributed by atoms with van der Waals surface area (Å²) in [4.78, 5) is 3.34. The molecule has 6 heteroatoms. The number of hydrogen-bond acceptors (Lipinski definition) is 3. The van der Waals surface area contributed by atoms with Crippen molar-refractivity contribution in [1.29, 1.82) is 0 Å². The molecule has 156 valence electrons. The topological polar surface area (TPSA) is 23.5 Å². The Balaban J connectivity index is 1.79. The highest BCUT2D eigenvalue weighted by Gasteiger charge is 2.30. The van der Waals surface area contributed by atoms with Crippen LogP contribution in [0.1, 0.15) is 29.3 Å². The molecule has 1 heterocycles. The SMILES string of the molecule is CCN(CCO)CCCc1ccc2c(-c3ccc(C(F)(F)F)cc3)c(C)sc2c1. The third-order valence-electron chi connectivity index (χ3n) is 5.23. The second kappa shape index (κ2) is 9.28. The molecule has 0 aliphatic heterocycles. The molecular weight excluding hydrogens is 395 g/mol. The smallest absolute Gasteiger partial charge is 0.395 e. The van der Waals surface area contributed by atoms with E-state index in [0.29, 0.717) is 6.54 Å². The lowest BCUT2D eigenvalue weighted by Crippen LogP contribution is -2.27. The van der Waals surface area contributed by atoms with E-state index in [2.05, 4.69) is 30.0 Å². The first-order valence-electron chi connectivity index (χ1n) is 9.86. The summed E-state index contributed by atoms with van der Waals surface area (Å²) in [5, 5.41) is 10.2. The number of aliphatic hydroxyl groups excluding tert-OH is 1. The van der Waals surface area contributed by atoms with Gasteiger partial charge in [-0.3, -0.25) is 0 Å². The lowest BCUT2D eigenvalue weighted by molar-refractivity contribution is -0.137. The van der Waals surface area contributed by atoms with Crippen molar-refractivity contribution in [2.45, 2.75) is 32.9 Å². The second-order valence-electron chi connectivity index (χ2n) is 7.20. The van der Waals surface area contributed by atoms with Crippen molar-refractivity contribution in [2.75, 3.05) is 26.2 Å². The number of halogens is 3. The minimum absolute atomic E-state index is 0.182. The van der Waals surface area contributed by atoms with Crippen LogP contribution in [0.3, 0.4) is 0 Å². The number of alkyl halides is 3. The number of benzene rings is 2. The minimum atomic E-state index is -4.32. The molecule has 0 fully saturated rings. The Labute approximate surface area is 173 Å². The van der Waals surface area contributed by atoms with E-state index in [1.54, 1.807) is 23.5 Å². The molecule has 0 aliphatic carbocycles. The first-order valence-corrected chi connectivity index (χ1v) is 10.7. The highest BCUT2D eigenvalue weighted by atomic mass is 32.1. The van der Waals surface area contributed by atoms with Gasteiger partial charge in [-0.1, -0.05) is 31.2 Å². The summed E-state index contributed by atoms with van der Waals surface area (Å²) in [7, 11) is 0. The van der Waals surface area contributed by atoms with Crippen LogP contribution in [-0.2, 0) is 12.6 Å². The van der Waals surface area contributed by atoms with Gasteiger partial charge in [0.2, 0.25) is 0 Å². The van der Waals surface area contributed by atoms with Crippen molar-refractivity contribution in [3.05, 3.63) is 58.5 Å². The summed E-state index contributed by atoms with van der Waals surface area (Å²) in [6.45, 7) is 6.89. The molecule has 0 amide bonds. The number of rotatable bonds is 8. The van der Waals surface area contributed by atoms with E-state index in [9.17, 15) is 13.2 Å². The molecular formula is C23H26F3NOS. The fourth-order valence-corrected chi connectivity index (χ4v) is 4.83. The van der Waals surface area contributed by atoms with Crippen molar-refractivity contribution in [1.82, 2.24) is 4.90 Å². The fraction of sp³-hybridized carbons (Fsp3) is 0.391. The van der Waals surface area contributed by atoms with Gasteiger partial charge in [-0.05, 0) is 62.2 Å². The predicted molar refractivity (Wildman–Crippen MR) is 115 cm³/mol. The maximum absolute atomic E-state index is 12.8. The lowest BCUT2D eigenvalue weighted by Gasteiger charge is -2.18. The van der Waals surface area contributed by atoms with Crippen molar-refractivity contribution < 1.29 is 18.3 Å². The van der Waals surface area contributed by atoms with Crippen LogP contribution < -0.4 is 0 Å². The monoisotopic (exact) mass is 421 g/mol. The van der Waals surface area contributed by atoms with Crippen LogP contribution in [0.4, 0.5) is 13.2 Å². The second-order valence-corrected chi connectivity index (χ2v) is 8.46. The Kier molecular flexibility index (Phi) is 6.98. The quantitative estimate of drug-likeness (QED) is 0.472. The zero-order valence-corrected chi connectivity index (χ0v) is 17.5. The van der Waals surface area contributed by atoms with Gasteiger partial charge in [0.1, 0.15) is 0 Å². The van der Waals surface area contributed by atoms with Crippen LogP contribution in [0, 0.1) is 6.92 Å². The molecule has 2 nitrogen and oxygen atoms in total. The van der Waals surface area contributed by atoms with E-state index >= 15 is 0 Å². The van der Waals surface area contributed by atoms with E-state index in [1.165, 1.54) is 5.56 Å². The maximum atomic E-state index is 12.8. The summed E-state index contributed by atoms with van der Waals surface area (Å²) in [5.74, 6) is 0. The molecule has 0 atom stereocenters. The molecule has 29 heavy (non-hydrogen) atoms. The molecule has 3 rings (SSSR count). The molecule has 0 bridgehead atoms. The average molecular weight is 422 g/mol. The van der Waals surface area contributed by atoms with Crippen LogP contribution in [0.25, 0.3) is 21.2 Å². The summed E-state index contributed by atoms with van der Waals surface area (Å²) in [6, 6.07) is 11.8. The zero-order valence-electron chi connectivity index (χ0n) is 16.7. The minimum Gasteiger partial charge on any atom is -0.395 e. The molecule has 0 unspecified atom stereocenters. The highest BCUT2D eigenvalue weighted by molar-refractivity contribution is 7.19. The number of thiophene rings is 1. The molecule has 2 aromatic carbocycles. The Morgan fingerprint density at radius 1 is 1.03 bits per heavy atom. The van der Waals surface area contributed by atoms with Gasteiger partial charge in [0, 0.05) is 27.1 Å². The van der Waals surface area contributed by atoms with Crippen LogP contribution >= 0.6 is 11.3 Å². The van der Waals surface area contributed by atoms with Crippen molar-refractivity contribution in [3.63, 3.8) is 0 Å². The van der Waals surface area contributed by atoms with E-state index in [1.807, 2.05) is 6.92 Å². The van der Waals surface area contributed by atoms with Gasteiger partial charge in [0.05, 0.1) is 12.2 Å². The van der Waals surface area contributed by atoms with Crippen LogP contribution in [-0.4, -0.2) is 36.2 Å². The number of aliphatic hydroxyl groups is 1. The first kappa shape index (κ1) is 21.8. The molecule has 1 N–H and O–H groups in total. The van der Waals surface area contributed by atoms with Gasteiger partial charge in [0.25, 0.3) is 0 Å². The summed E-state index contributed by atoms with van der Waals surface area (Å²) >= 11 is 1.68. The van der Waals surface area contributed by atoms with Gasteiger partial charge < -0.3 is 10.0 Å². The first-order chi connectivity index (χ1) is 13.8. The van der Waals surface area contributed by atoms with Crippen LogP contribution in [0.15, 0.2) is 42.5 Å². The largest absolute Gasteiger partial charge is 0.416 e. The molecule has 0 aliphatic rings. The van der Waals surface area contributed by atoms with E-state index < -0.39 is 11.7 Å². The number of nitrogens with zero attached hydrogens (tertiary/aromatic N) is 1. The molecule has 3 aromatic rings. The summed E-state index contributed by atoms with van der Waals surface area (Å²) < 4.78 is 39.7. The molecule has 0 saturated heterocycles. The number of likely N-dealkylation sites (N-methyl/N-ethyl adjacent to an activating group) is 1. The zero-order chi connectivity index (χ0) is 21.0. The summed E-state index contributed by atoms with van der Waals surface area (Å²) in [6.07, 6.45) is -2.33. The number of aryl methyl sites for hydroxylation is 2. The standard InChI is InChI=1S/C23H26F3NOS/c1-3-27(13-14-28)12-4-5-17-6-11-20-21(15-17)29-16(2)22(20)18-7-9-19(10-8-18)23(24,25)26/h6-11,15,28H,3-5,12-14H2,1-2H3. The lowest BCUT2D eigenvalue weighted by atomic mass is 9.99. The Hall–Kier alpha value is -1.89. The Morgan fingerprint density at radius 3 is 2.38 bits per heavy atom. The van der Waals surface area contributed by atoms with Crippen LogP contribution in [0.2, 0.25) is 0 Å². The molecule has 0 spiro atoms. The van der Waals surface area contributed by atoms with Gasteiger partial charge >= 0.3 is 6.18 Å². The predicted octanol–water partition coefficient (Wildman–Crippen LogP) is 6.14. The fourth-order valence-electron chi connectivity index (χ4n) is 3.68. The molecule has 0 saturated carbocycles. The summed E-state index contributed by atoms with van der Waals surface area (Å²) in [5.41, 5.74) is 2.48. The third kappa shape index (κ3) is 5.18. The molecule has 0 radical (unpaired) electrons. The van der Waals surface area contributed by atoms with Crippen molar-refractivity contribution in [2.24, 2.45) is 0 Å². The Bertz CT molecular complexity index is 947. The normalized spacial score (nSPS) is 12.2. The van der Waals surface area contributed by atoms with Gasteiger partial charge in [-0.2, -0.15) is 13.2 Å². The van der Waals surface area contributed by atoms with Gasteiger partial charge in [-0.15, -0.1) is 11.3 Å². The maximum Gasteiger partial charge on any atom is 0.416 e. The number of fused-ring (bicyclic) bond motifs is 1. The third-order valence-corrected chi connectivity index (χ3v) is 6.30. The van der Waals surface area contributed by atoms with Crippen LogP contribution in [0.5, 0.6) is 0 Å². The number of hydrogen-bond donors (Lipinski definition) is 1. The average Bonchev–Trinajstić information content (AvgIpc) is 3.01. The highest BCUT2D eigenvalue weighted by Crippen LogP contribution is 2.40. The van der Waals surface area contributed by atoms with Gasteiger partial charge in [0.15, 0.2) is 0 Å². The van der Waals surface area contributed by atoms with E-state index in [0.717, 1.165) is 64.2 Å². The molecule has 1 aromatic heterocycles. The van der Waals surface area contributed by atoms with Gasteiger partial charge in [-0.25, -0.2) is 0 Å².